The number of methoxy groups -OCH3 is 1. The highest BCUT2D eigenvalue weighted by molar-refractivity contribution is 7.98. The average Bonchev–Trinajstić information content (AvgIpc) is 2.35. The molecule has 0 bridgehead atoms. The van der Waals surface area contributed by atoms with Crippen molar-refractivity contribution in [3.8, 4) is 5.75 Å². The van der Waals surface area contributed by atoms with E-state index in [0.29, 0.717) is 6.61 Å². The van der Waals surface area contributed by atoms with E-state index in [1.165, 1.54) is 16.0 Å². The second-order valence-corrected chi connectivity index (χ2v) is 4.30. The summed E-state index contributed by atoms with van der Waals surface area (Å²) in [6.07, 6.45) is 3.87. The molecule has 90 valence electrons. The normalized spacial score (nSPS) is 10.5. The third kappa shape index (κ3) is 3.14. The van der Waals surface area contributed by atoms with Gasteiger partial charge in [0.05, 0.1) is 13.7 Å². The van der Waals surface area contributed by atoms with E-state index in [2.05, 4.69) is 30.1 Å². The molecule has 0 saturated heterocycles. The molecule has 0 aliphatic heterocycles. The third-order valence-electron chi connectivity index (χ3n) is 2.55. The molecule has 0 amide bonds. The van der Waals surface area contributed by atoms with Crippen molar-refractivity contribution in [3.63, 3.8) is 0 Å². The van der Waals surface area contributed by atoms with Crippen LogP contribution in [0.3, 0.4) is 0 Å². The van der Waals surface area contributed by atoms with Crippen molar-refractivity contribution in [2.45, 2.75) is 24.7 Å². The quantitative estimate of drug-likeness (QED) is 0.613. The third-order valence-corrected chi connectivity index (χ3v) is 3.37. The Bertz CT molecular complexity index is 342. The molecule has 0 aromatic heterocycles. The van der Waals surface area contributed by atoms with Crippen LogP contribution in [-0.2, 0) is 17.7 Å². The molecule has 1 rings (SSSR count). The summed E-state index contributed by atoms with van der Waals surface area (Å²) in [5, 5.41) is 0. The van der Waals surface area contributed by atoms with Gasteiger partial charge in [-0.2, -0.15) is 0 Å². The number of nitrogens with two attached hydrogens (primary N) is 1. The molecule has 0 heterocycles. The van der Waals surface area contributed by atoms with Gasteiger partial charge in [-0.1, -0.05) is 6.92 Å². The molecule has 1 aromatic carbocycles. The van der Waals surface area contributed by atoms with Gasteiger partial charge >= 0.3 is 0 Å². The van der Waals surface area contributed by atoms with Gasteiger partial charge in [0, 0.05) is 4.90 Å². The molecule has 0 spiro atoms. The van der Waals surface area contributed by atoms with E-state index in [1.54, 1.807) is 18.9 Å². The van der Waals surface area contributed by atoms with E-state index in [0.717, 1.165) is 18.6 Å². The monoisotopic (exact) mass is 241 g/mol. The molecule has 0 radical (unpaired) electrons. The van der Waals surface area contributed by atoms with Crippen molar-refractivity contribution >= 4 is 11.8 Å². The minimum absolute atomic E-state index is 0.530. The Labute approximate surface area is 101 Å². The van der Waals surface area contributed by atoms with E-state index in [9.17, 15) is 0 Å². The summed E-state index contributed by atoms with van der Waals surface area (Å²) in [7, 11) is 1.70. The molecular formula is C12H19NO2S. The summed E-state index contributed by atoms with van der Waals surface area (Å²) in [6, 6.07) is 4.28. The van der Waals surface area contributed by atoms with E-state index < -0.39 is 0 Å². The van der Waals surface area contributed by atoms with Crippen LogP contribution in [0.5, 0.6) is 5.75 Å². The van der Waals surface area contributed by atoms with Crippen LogP contribution in [0.4, 0.5) is 0 Å². The number of hydrogen-bond acceptors (Lipinski definition) is 4. The SMILES string of the molecule is CCc1cc(SC)c(CCON)cc1OC. The Morgan fingerprint density at radius 3 is 2.56 bits per heavy atom. The van der Waals surface area contributed by atoms with E-state index in [-0.39, 0.29) is 0 Å². The smallest absolute Gasteiger partial charge is 0.122 e. The number of benzene rings is 1. The predicted molar refractivity (Wildman–Crippen MR) is 68.0 cm³/mol. The maximum Gasteiger partial charge on any atom is 0.122 e. The highest BCUT2D eigenvalue weighted by atomic mass is 32.2. The second-order valence-electron chi connectivity index (χ2n) is 3.45. The minimum Gasteiger partial charge on any atom is -0.496 e. The van der Waals surface area contributed by atoms with Gasteiger partial charge < -0.3 is 9.57 Å². The van der Waals surface area contributed by atoms with Crippen molar-refractivity contribution in [2.75, 3.05) is 20.0 Å². The molecule has 16 heavy (non-hydrogen) atoms. The zero-order chi connectivity index (χ0) is 12.0. The molecule has 0 aliphatic carbocycles. The number of aryl methyl sites for hydroxylation is 1. The topological polar surface area (TPSA) is 44.5 Å². The molecular weight excluding hydrogens is 222 g/mol. The molecule has 2 N–H and O–H groups in total. The van der Waals surface area contributed by atoms with Crippen LogP contribution >= 0.6 is 11.8 Å². The fraction of sp³-hybridized carbons (Fsp3) is 0.500. The Morgan fingerprint density at radius 2 is 2.06 bits per heavy atom. The molecule has 0 unspecified atom stereocenters. The molecule has 1 aromatic rings. The standard InChI is InChI=1S/C12H19NO2S/c1-4-9-8-12(16-3)10(5-6-15-13)7-11(9)14-2/h7-8H,4-6,13H2,1-3H3. The maximum absolute atomic E-state index is 5.38. The summed E-state index contributed by atoms with van der Waals surface area (Å²) in [6.45, 7) is 2.66. The zero-order valence-corrected chi connectivity index (χ0v) is 10.9. The van der Waals surface area contributed by atoms with E-state index in [4.69, 9.17) is 10.6 Å². The number of hydrogen-bond donors (Lipinski definition) is 1. The van der Waals surface area contributed by atoms with Crippen molar-refractivity contribution in [1.82, 2.24) is 0 Å². The second kappa shape index (κ2) is 6.78. The minimum atomic E-state index is 0.530. The van der Waals surface area contributed by atoms with Crippen LogP contribution in [0.15, 0.2) is 17.0 Å². The van der Waals surface area contributed by atoms with Gasteiger partial charge in [0.2, 0.25) is 0 Å². The maximum atomic E-state index is 5.38. The molecule has 3 nitrogen and oxygen atoms in total. The van der Waals surface area contributed by atoms with Gasteiger partial charge in [0.25, 0.3) is 0 Å². The lowest BCUT2D eigenvalue weighted by Gasteiger charge is -2.13. The lowest BCUT2D eigenvalue weighted by atomic mass is 10.1. The van der Waals surface area contributed by atoms with Crippen LogP contribution in [0.1, 0.15) is 18.1 Å². The van der Waals surface area contributed by atoms with E-state index >= 15 is 0 Å². The zero-order valence-electron chi connectivity index (χ0n) is 10.1. The highest BCUT2D eigenvalue weighted by Gasteiger charge is 2.08. The van der Waals surface area contributed by atoms with Crippen molar-refractivity contribution in [1.29, 1.82) is 0 Å². The van der Waals surface area contributed by atoms with Gasteiger partial charge in [-0.3, -0.25) is 0 Å². The Kier molecular flexibility index (Phi) is 5.66. The van der Waals surface area contributed by atoms with Crippen molar-refractivity contribution in [2.24, 2.45) is 5.90 Å². The fourth-order valence-electron chi connectivity index (χ4n) is 1.66. The first kappa shape index (κ1) is 13.4. The lowest BCUT2D eigenvalue weighted by Crippen LogP contribution is -2.05. The van der Waals surface area contributed by atoms with Crippen LogP contribution < -0.4 is 10.6 Å². The van der Waals surface area contributed by atoms with Crippen LogP contribution in [0.2, 0.25) is 0 Å². The molecule has 4 heteroatoms. The Morgan fingerprint density at radius 1 is 1.31 bits per heavy atom. The van der Waals surface area contributed by atoms with Gasteiger partial charge in [-0.05, 0) is 42.4 Å². The number of thioether (sulfide) groups is 1. The molecule has 0 saturated carbocycles. The number of ether oxygens (including phenoxy) is 1. The molecule has 0 fully saturated rings. The van der Waals surface area contributed by atoms with Crippen molar-refractivity contribution in [3.05, 3.63) is 23.3 Å². The van der Waals surface area contributed by atoms with Crippen LogP contribution in [0.25, 0.3) is 0 Å². The number of rotatable bonds is 6. The van der Waals surface area contributed by atoms with Gasteiger partial charge in [0.1, 0.15) is 5.75 Å². The Hall–Kier alpha value is -0.710. The van der Waals surface area contributed by atoms with Crippen molar-refractivity contribution < 1.29 is 9.57 Å². The first-order valence-corrected chi connectivity index (χ1v) is 6.54. The highest BCUT2D eigenvalue weighted by Crippen LogP contribution is 2.29. The molecule has 0 atom stereocenters. The summed E-state index contributed by atoms with van der Waals surface area (Å²) >= 11 is 1.74. The Balaban J connectivity index is 3.05. The summed E-state index contributed by atoms with van der Waals surface area (Å²) in [5.41, 5.74) is 2.47. The van der Waals surface area contributed by atoms with Gasteiger partial charge in [-0.15, -0.1) is 11.8 Å². The first-order chi connectivity index (χ1) is 7.76. The first-order valence-electron chi connectivity index (χ1n) is 5.32. The largest absolute Gasteiger partial charge is 0.496 e. The van der Waals surface area contributed by atoms with Crippen LogP contribution in [0, 0.1) is 0 Å². The van der Waals surface area contributed by atoms with Gasteiger partial charge in [-0.25, -0.2) is 5.90 Å². The summed E-state index contributed by atoms with van der Waals surface area (Å²) in [4.78, 5) is 5.90. The van der Waals surface area contributed by atoms with E-state index in [1.807, 2.05) is 0 Å². The fourth-order valence-corrected chi connectivity index (χ4v) is 2.35. The average molecular weight is 241 g/mol. The summed E-state index contributed by atoms with van der Waals surface area (Å²) in [5.74, 6) is 6.01. The van der Waals surface area contributed by atoms with Crippen LogP contribution in [-0.4, -0.2) is 20.0 Å². The lowest BCUT2D eigenvalue weighted by molar-refractivity contribution is 0.141. The molecule has 0 aliphatic rings. The summed E-state index contributed by atoms with van der Waals surface area (Å²) < 4.78 is 5.38. The predicted octanol–water partition coefficient (Wildman–Crippen LogP) is 2.41. The van der Waals surface area contributed by atoms with Gasteiger partial charge in [0.15, 0.2) is 0 Å².